The Balaban J connectivity index is 2.49. The highest BCUT2D eigenvalue weighted by Gasteiger charge is 2.12. The van der Waals surface area contributed by atoms with E-state index in [9.17, 15) is 0 Å². The van der Waals surface area contributed by atoms with Crippen molar-refractivity contribution in [1.29, 1.82) is 0 Å². The van der Waals surface area contributed by atoms with E-state index in [2.05, 4.69) is 24.0 Å². The minimum atomic E-state index is 0.374. The monoisotopic (exact) mass is 197 g/mol. The van der Waals surface area contributed by atoms with Gasteiger partial charge in [0.05, 0.1) is 0 Å². The summed E-state index contributed by atoms with van der Waals surface area (Å²) >= 11 is 0. The SMILES string of the molecule is CCCC(C)c1nc(CCCN)no1. The van der Waals surface area contributed by atoms with Crippen LogP contribution in [0.3, 0.4) is 0 Å². The highest BCUT2D eigenvalue weighted by molar-refractivity contribution is 4.92. The Bertz CT molecular complexity index is 260. The summed E-state index contributed by atoms with van der Waals surface area (Å²) in [5.41, 5.74) is 5.40. The van der Waals surface area contributed by atoms with Gasteiger partial charge in [0, 0.05) is 12.3 Å². The number of aromatic nitrogens is 2. The van der Waals surface area contributed by atoms with Crippen LogP contribution in [0.2, 0.25) is 0 Å². The van der Waals surface area contributed by atoms with E-state index in [-0.39, 0.29) is 0 Å². The van der Waals surface area contributed by atoms with Crippen LogP contribution in [0.4, 0.5) is 0 Å². The maximum Gasteiger partial charge on any atom is 0.229 e. The third-order valence-corrected chi connectivity index (χ3v) is 2.23. The summed E-state index contributed by atoms with van der Waals surface area (Å²) in [7, 11) is 0. The van der Waals surface area contributed by atoms with E-state index in [1.807, 2.05) is 0 Å². The van der Waals surface area contributed by atoms with E-state index in [0.717, 1.165) is 37.4 Å². The summed E-state index contributed by atoms with van der Waals surface area (Å²) in [6.45, 7) is 4.94. The molecule has 0 radical (unpaired) electrons. The molecule has 2 N–H and O–H groups in total. The fourth-order valence-corrected chi connectivity index (χ4v) is 1.39. The molecule has 14 heavy (non-hydrogen) atoms. The molecule has 0 bridgehead atoms. The van der Waals surface area contributed by atoms with Crippen molar-refractivity contribution >= 4 is 0 Å². The fourth-order valence-electron chi connectivity index (χ4n) is 1.39. The van der Waals surface area contributed by atoms with Crippen LogP contribution in [0.25, 0.3) is 0 Å². The van der Waals surface area contributed by atoms with Crippen LogP contribution in [-0.2, 0) is 6.42 Å². The van der Waals surface area contributed by atoms with Crippen molar-refractivity contribution in [3.8, 4) is 0 Å². The van der Waals surface area contributed by atoms with E-state index >= 15 is 0 Å². The van der Waals surface area contributed by atoms with Crippen molar-refractivity contribution < 1.29 is 4.52 Å². The zero-order chi connectivity index (χ0) is 10.4. The van der Waals surface area contributed by atoms with Gasteiger partial charge in [-0.25, -0.2) is 0 Å². The van der Waals surface area contributed by atoms with Gasteiger partial charge in [0.2, 0.25) is 5.89 Å². The molecule has 4 heteroatoms. The normalized spacial score (nSPS) is 13.1. The number of nitrogens with zero attached hydrogens (tertiary/aromatic N) is 2. The number of hydrogen-bond acceptors (Lipinski definition) is 4. The summed E-state index contributed by atoms with van der Waals surface area (Å²) < 4.78 is 5.17. The Labute approximate surface area is 84.9 Å². The van der Waals surface area contributed by atoms with E-state index in [0.29, 0.717) is 12.5 Å². The van der Waals surface area contributed by atoms with Crippen molar-refractivity contribution in [1.82, 2.24) is 10.1 Å². The van der Waals surface area contributed by atoms with Gasteiger partial charge < -0.3 is 10.3 Å². The second-order valence-electron chi connectivity index (χ2n) is 3.63. The predicted molar refractivity (Wildman–Crippen MR) is 55.0 cm³/mol. The first-order valence-corrected chi connectivity index (χ1v) is 5.30. The molecule has 1 heterocycles. The maximum atomic E-state index is 5.40. The Morgan fingerprint density at radius 1 is 1.50 bits per heavy atom. The molecule has 0 spiro atoms. The molecular formula is C10H19N3O. The van der Waals surface area contributed by atoms with Crippen LogP contribution in [0.15, 0.2) is 4.52 Å². The molecular weight excluding hydrogens is 178 g/mol. The number of hydrogen-bond donors (Lipinski definition) is 1. The Hall–Kier alpha value is -0.900. The molecule has 0 fully saturated rings. The van der Waals surface area contributed by atoms with Gasteiger partial charge in [0.1, 0.15) is 0 Å². The zero-order valence-electron chi connectivity index (χ0n) is 8.99. The van der Waals surface area contributed by atoms with Gasteiger partial charge in [-0.15, -0.1) is 0 Å². The van der Waals surface area contributed by atoms with E-state index in [1.165, 1.54) is 0 Å². The van der Waals surface area contributed by atoms with Gasteiger partial charge in [0.25, 0.3) is 0 Å². The van der Waals surface area contributed by atoms with Gasteiger partial charge in [-0.1, -0.05) is 25.4 Å². The van der Waals surface area contributed by atoms with Crippen LogP contribution in [0.5, 0.6) is 0 Å². The minimum Gasteiger partial charge on any atom is -0.339 e. The van der Waals surface area contributed by atoms with Crippen molar-refractivity contribution in [3.05, 3.63) is 11.7 Å². The first-order valence-electron chi connectivity index (χ1n) is 5.30. The van der Waals surface area contributed by atoms with E-state index in [1.54, 1.807) is 0 Å². The summed E-state index contributed by atoms with van der Waals surface area (Å²) in [5.74, 6) is 1.92. The summed E-state index contributed by atoms with van der Waals surface area (Å²) in [6.07, 6.45) is 3.97. The van der Waals surface area contributed by atoms with Gasteiger partial charge in [0.15, 0.2) is 5.82 Å². The quantitative estimate of drug-likeness (QED) is 0.756. The standard InChI is InChI=1S/C10H19N3O/c1-3-5-8(2)10-12-9(13-14-10)6-4-7-11/h8H,3-7,11H2,1-2H3. The molecule has 1 atom stereocenters. The average Bonchev–Trinajstić information content (AvgIpc) is 2.63. The molecule has 0 saturated carbocycles. The number of aryl methyl sites for hydroxylation is 1. The summed E-state index contributed by atoms with van der Waals surface area (Å²) in [6, 6.07) is 0. The van der Waals surface area contributed by atoms with Crippen LogP contribution < -0.4 is 5.73 Å². The van der Waals surface area contributed by atoms with Crippen LogP contribution in [0, 0.1) is 0 Å². The lowest BCUT2D eigenvalue weighted by molar-refractivity contribution is 0.349. The molecule has 1 unspecified atom stereocenters. The second-order valence-corrected chi connectivity index (χ2v) is 3.63. The maximum absolute atomic E-state index is 5.40. The van der Waals surface area contributed by atoms with Crippen molar-refractivity contribution in [3.63, 3.8) is 0 Å². The first kappa shape index (κ1) is 11.2. The zero-order valence-corrected chi connectivity index (χ0v) is 8.99. The van der Waals surface area contributed by atoms with Gasteiger partial charge in [-0.2, -0.15) is 4.98 Å². The molecule has 0 aliphatic heterocycles. The molecule has 0 amide bonds. The fraction of sp³-hybridized carbons (Fsp3) is 0.800. The van der Waals surface area contributed by atoms with Crippen LogP contribution in [-0.4, -0.2) is 16.7 Å². The summed E-state index contributed by atoms with van der Waals surface area (Å²) in [4.78, 5) is 4.33. The second kappa shape index (κ2) is 5.75. The highest BCUT2D eigenvalue weighted by Crippen LogP contribution is 2.18. The van der Waals surface area contributed by atoms with Crippen LogP contribution in [0.1, 0.15) is 50.7 Å². The molecule has 80 valence electrons. The Morgan fingerprint density at radius 2 is 2.29 bits per heavy atom. The molecule has 0 aliphatic rings. The lowest BCUT2D eigenvalue weighted by Gasteiger charge is -2.01. The Kier molecular flexibility index (Phi) is 4.59. The molecule has 0 aliphatic carbocycles. The average molecular weight is 197 g/mol. The summed E-state index contributed by atoms with van der Waals surface area (Å²) in [5, 5.41) is 3.92. The van der Waals surface area contributed by atoms with E-state index in [4.69, 9.17) is 10.3 Å². The lowest BCUT2D eigenvalue weighted by Crippen LogP contribution is -2.01. The van der Waals surface area contributed by atoms with Crippen molar-refractivity contribution in [2.24, 2.45) is 5.73 Å². The third-order valence-electron chi connectivity index (χ3n) is 2.23. The number of nitrogens with two attached hydrogens (primary N) is 1. The van der Waals surface area contributed by atoms with Crippen LogP contribution >= 0.6 is 0 Å². The number of rotatable bonds is 6. The van der Waals surface area contributed by atoms with Gasteiger partial charge in [-0.05, 0) is 19.4 Å². The molecule has 4 nitrogen and oxygen atoms in total. The predicted octanol–water partition coefficient (Wildman–Crippen LogP) is 1.86. The van der Waals surface area contributed by atoms with E-state index < -0.39 is 0 Å². The molecule has 0 aromatic carbocycles. The van der Waals surface area contributed by atoms with Gasteiger partial charge in [-0.3, -0.25) is 0 Å². The third kappa shape index (κ3) is 3.10. The topological polar surface area (TPSA) is 64.9 Å². The first-order chi connectivity index (χ1) is 6.77. The van der Waals surface area contributed by atoms with Gasteiger partial charge >= 0.3 is 0 Å². The smallest absolute Gasteiger partial charge is 0.229 e. The Morgan fingerprint density at radius 3 is 2.93 bits per heavy atom. The molecule has 0 saturated heterocycles. The molecule has 1 aromatic heterocycles. The molecule has 1 rings (SSSR count). The van der Waals surface area contributed by atoms with Crippen molar-refractivity contribution in [2.45, 2.75) is 45.4 Å². The highest BCUT2D eigenvalue weighted by atomic mass is 16.5. The lowest BCUT2D eigenvalue weighted by atomic mass is 10.1. The largest absolute Gasteiger partial charge is 0.339 e. The molecule has 1 aromatic rings. The minimum absolute atomic E-state index is 0.374. The van der Waals surface area contributed by atoms with Crippen molar-refractivity contribution in [2.75, 3.05) is 6.54 Å².